The molecule has 0 unspecified atom stereocenters. The Balaban J connectivity index is 1.73. The molecule has 1 aromatic rings. The lowest BCUT2D eigenvalue weighted by Gasteiger charge is -2.55. The number of phenolic OH excluding ortho intramolecular Hbond substituents is 1. The highest BCUT2D eigenvalue weighted by Gasteiger charge is 2.66. The van der Waals surface area contributed by atoms with Gasteiger partial charge in [0, 0.05) is 69.4 Å². The molecule has 4 atom stereocenters. The van der Waals surface area contributed by atoms with Crippen molar-refractivity contribution in [2.75, 3.05) is 72.9 Å². The third-order valence-corrected chi connectivity index (χ3v) is 9.62. The van der Waals surface area contributed by atoms with Gasteiger partial charge in [-0.1, -0.05) is 0 Å². The summed E-state index contributed by atoms with van der Waals surface area (Å²) in [5.41, 5.74) is 1.58. The topological polar surface area (TPSA) is 197 Å². The number of methoxy groups -OCH3 is 1. The molecule has 1 saturated heterocycles. The number of fused-ring (bicyclic) bond motifs is 3. The van der Waals surface area contributed by atoms with Gasteiger partial charge in [0.15, 0.2) is 11.4 Å². The van der Waals surface area contributed by atoms with Crippen LogP contribution in [0.4, 0.5) is 10.5 Å². The van der Waals surface area contributed by atoms with Gasteiger partial charge >= 0.3 is 6.09 Å². The predicted molar refractivity (Wildman–Crippen MR) is 157 cm³/mol. The number of amides is 2. The quantitative estimate of drug-likeness (QED) is 0.278. The number of benzene rings is 1. The van der Waals surface area contributed by atoms with Crippen molar-refractivity contribution in [1.29, 1.82) is 0 Å². The maximum atomic E-state index is 14.4. The lowest BCUT2D eigenvalue weighted by molar-refractivity contribution is -0.151. The van der Waals surface area contributed by atoms with Gasteiger partial charge in [0.05, 0.1) is 18.7 Å². The van der Waals surface area contributed by atoms with Crippen molar-refractivity contribution in [1.82, 2.24) is 14.7 Å². The lowest BCUT2D eigenvalue weighted by Crippen LogP contribution is -2.66. The minimum Gasteiger partial charge on any atom is -0.510 e. The predicted octanol–water partition coefficient (Wildman–Crippen LogP) is -0.0592. The normalized spacial score (nSPS) is 28.9. The molecule has 14 nitrogen and oxygen atoms in total. The van der Waals surface area contributed by atoms with E-state index in [1.807, 2.05) is 9.80 Å². The number of Topliss-reactive ketones (excluding diaryl/α,β-unsaturated/α-hetero) is 2. The van der Waals surface area contributed by atoms with Crippen molar-refractivity contribution in [2.45, 2.75) is 24.5 Å². The Kier molecular flexibility index (Phi) is 7.67. The second-order valence-corrected chi connectivity index (χ2v) is 12.5. The molecule has 0 bridgehead atoms. The maximum absolute atomic E-state index is 14.4. The number of ketones is 2. The molecular formula is C30H39N5O9. The Morgan fingerprint density at radius 3 is 2.25 bits per heavy atom. The molecule has 0 spiro atoms. The Bertz CT molecular complexity index is 1510. The molecule has 238 valence electrons. The fourth-order valence-electron chi connectivity index (χ4n) is 7.69. The van der Waals surface area contributed by atoms with Gasteiger partial charge in [-0.3, -0.25) is 24.2 Å². The molecule has 14 heteroatoms. The molecule has 2 amide bonds. The van der Waals surface area contributed by atoms with Crippen molar-refractivity contribution >= 4 is 29.3 Å². The van der Waals surface area contributed by atoms with Crippen LogP contribution < -0.4 is 10.6 Å². The van der Waals surface area contributed by atoms with E-state index in [1.54, 1.807) is 39.2 Å². The molecule has 4 aliphatic rings. The number of hydrogen-bond donors (Lipinski definition) is 5. The molecule has 1 heterocycles. The zero-order valence-corrected chi connectivity index (χ0v) is 25.5. The highest BCUT2D eigenvalue weighted by molar-refractivity contribution is 6.25. The number of nitrogens with two attached hydrogens (primary N) is 1. The number of aliphatic hydroxyl groups is 3. The summed E-state index contributed by atoms with van der Waals surface area (Å²) in [6.45, 7) is 1.70. The van der Waals surface area contributed by atoms with Crippen molar-refractivity contribution in [3.05, 3.63) is 45.9 Å². The number of aromatic hydroxyl groups is 1. The molecule has 0 saturated carbocycles. The highest BCUT2D eigenvalue weighted by Crippen LogP contribution is 2.58. The van der Waals surface area contributed by atoms with Gasteiger partial charge in [-0.05, 0) is 44.6 Å². The fraction of sp³-hybridized carbons (Fsp3) is 0.533. The van der Waals surface area contributed by atoms with Crippen LogP contribution in [-0.2, 0) is 20.7 Å². The van der Waals surface area contributed by atoms with Gasteiger partial charge in [0.1, 0.15) is 22.8 Å². The highest BCUT2D eigenvalue weighted by atomic mass is 16.5. The Morgan fingerprint density at radius 2 is 1.70 bits per heavy atom. The molecule has 3 aliphatic carbocycles. The van der Waals surface area contributed by atoms with E-state index in [0.29, 0.717) is 37.4 Å². The van der Waals surface area contributed by atoms with E-state index in [-0.39, 0.29) is 36.3 Å². The summed E-state index contributed by atoms with van der Waals surface area (Å²) in [6, 6.07) is 1.95. The van der Waals surface area contributed by atoms with Crippen LogP contribution in [0.3, 0.4) is 0 Å². The van der Waals surface area contributed by atoms with Gasteiger partial charge in [-0.15, -0.1) is 0 Å². The smallest absolute Gasteiger partial charge is 0.409 e. The van der Waals surface area contributed by atoms with E-state index in [1.165, 1.54) is 18.1 Å². The number of anilines is 1. The summed E-state index contributed by atoms with van der Waals surface area (Å²) >= 11 is 0. The number of phenols is 1. The third kappa shape index (κ3) is 4.42. The molecule has 0 aromatic heterocycles. The first kappa shape index (κ1) is 31.3. The van der Waals surface area contributed by atoms with Gasteiger partial charge in [0.25, 0.3) is 5.91 Å². The van der Waals surface area contributed by atoms with Crippen LogP contribution in [0.25, 0.3) is 0 Å². The second kappa shape index (κ2) is 10.8. The maximum Gasteiger partial charge on any atom is 0.409 e. The molecule has 0 radical (unpaired) electrons. The molecule has 5 rings (SSSR count). The van der Waals surface area contributed by atoms with E-state index in [9.17, 15) is 39.6 Å². The van der Waals surface area contributed by atoms with Gasteiger partial charge in [-0.2, -0.15) is 0 Å². The van der Waals surface area contributed by atoms with Crippen molar-refractivity contribution < 1.29 is 44.3 Å². The number of carbonyl (C=O) groups excluding carboxylic acids is 4. The van der Waals surface area contributed by atoms with Crippen molar-refractivity contribution in [3.63, 3.8) is 0 Å². The lowest BCUT2D eigenvalue weighted by atomic mass is 9.52. The summed E-state index contributed by atoms with van der Waals surface area (Å²) < 4.78 is 4.85. The summed E-state index contributed by atoms with van der Waals surface area (Å²) in [6.07, 6.45) is -0.377. The number of ether oxygens (including phenoxy) is 1. The number of hydrogen-bond acceptors (Lipinski definition) is 12. The summed E-state index contributed by atoms with van der Waals surface area (Å²) in [7, 11) is 8.09. The number of primary amides is 1. The van der Waals surface area contributed by atoms with E-state index < -0.39 is 63.6 Å². The Hall–Kier alpha value is -4.14. The van der Waals surface area contributed by atoms with E-state index in [2.05, 4.69) is 0 Å². The zero-order valence-electron chi connectivity index (χ0n) is 25.5. The van der Waals surface area contributed by atoms with E-state index in [4.69, 9.17) is 10.5 Å². The standard InChI is InChI=1S/C30H39N5O9/c1-32(2)17-6-7-18(36)19-15(17)12-29(14-34-8-10-35(11-9-34)28(42)44-5)13-16-22(33(3)4)24(38)20(27(31)41)25(39)30(16,43)26(40)21(29)23(19)37/h6-7,16,22,36,38,40,43H,8-14H2,1-5H3,(H2,31,41)/t16-,22-,29-,30+/m0/s1. The van der Waals surface area contributed by atoms with Gasteiger partial charge in [-0.25, -0.2) is 4.79 Å². The number of rotatable bonds is 5. The number of carbonyl (C=O) groups is 4. The monoisotopic (exact) mass is 613 g/mol. The number of nitrogens with zero attached hydrogens (tertiary/aromatic N) is 4. The van der Waals surface area contributed by atoms with Gasteiger partial charge < -0.3 is 40.7 Å². The van der Waals surface area contributed by atoms with Crippen molar-refractivity contribution in [3.8, 4) is 5.75 Å². The van der Waals surface area contributed by atoms with Crippen LogP contribution in [0.2, 0.25) is 0 Å². The first-order chi connectivity index (χ1) is 20.6. The van der Waals surface area contributed by atoms with Crippen LogP contribution in [-0.4, -0.2) is 138 Å². The number of aliphatic hydroxyl groups excluding tert-OH is 2. The van der Waals surface area contributed by atoms with Gasteiger partial charge in [0.2, 0.25) is 5.78 Å². The minimum absolute atomic E-state index is 0.0492. The van der Waals surface area contributed by atoms with Crippen molar-refractivity contribution in [2.24, 2.45) is 17.1 Å². The third-order valence-electron chi connectivity index (χ3n) is 9.62. The number of piperazine rings is 1. The minimum atomic E-state index is -2.75. The van der Waals surface area contributed by atoms with Crippen LogP contribution in [0, 0.1) is 11.3 Å². The Morgan fingerprint density at radius 1 is 1.07 bits per heavy atom. The van der Waals surface area contributed by atoms with E-state index in [0.717, 1.165) is 0 Å². The van der Waals surface area contributed by atoms with Crippen LogP contribution in [0.1, 0.15) is 22.3 Å². The Labute approximate surface area is 254 Å². The largest absolute Gasteiger partial charge is 0.510 e. The molecule has 6 N–H and O–H groups in total. The molecule has 44 heavy (non-hydrogen) atoms. The van der Waals surface area contributed by atoms with E-state index >= 15 is 0 Å². The summed E-state index contributed by atoms with van der Waals surface area (Å²) in [5, 5.41) is 46.1. The average molecular weight is 614 g/mol. The molecule has 1 fully saturated rings. The fourth-order valence-corrected chi connectivity index (χ4v) is 7.69. The van der Waals surface area contributed by atoms with Crippen LogP contribution in [0.15, 0.2) is 34.8 Å². The molecule has 1 aliphatic heterocycles. The first-order valence-electron chi connectivity index (χ1n) is 14.3. The number of likely N-dealkylation sites (N-methyl/N-ethyl adjacent to an activating group) is 1. The summed E-state index contributed by atoms with van der Waals surface area (Å²) in [5.74, 6) is -6.37. The van der Waals surface area contributed by atoms with Crippen LogP contribution in [0.5, 0.6) is 5.75 Å². The SMILES string of the molecule is COC(=O)N1CCN(C[C@@]23Cc4c(N(C)C)ccc(O)c4C(=O)C2=C(O)[C@]2(O)C(=O)C(C(N)=O)=C(O)[C@@H](N(C)C)[C@@H]2C3)CC1. The second-order valence-electron chi connectivity index (χ2n) is 12.5. The molecule has 1 aromatic carbocycles. The first-order valence-corrected chi connectivity index (χ1v) is 14.3. The summed E-state index contributed by atoms with van der Waals surface area (Å²) in [4.78, 5) is 59.6. The average Bonchev–Trinajstić information content (AvgIpc) is 2.94. The van der Waals surface area contributed by atoms with Crippen LogP contribution >= 0.6 is 0 Å². The zero-order chi connectivity index (χ0) is 32.5. The molecular weight excluding hydrogens is 574 g/mol.